The minimum absolute atomic E-state index is 0.349. The number of phosphoric acid groups is 3. The molecule has 0 saturated heterocycles. The molecule has 0 aliphatic rings. The molecule has 2 unspecified atom stereocenters. The van der Waals surface area contributed by atoms with E-state index in [-0.39, 0.29) is 5.52 Å². The summed E-state index contributed by atoms with van der Waals surface area (Å²) in [6, 6.07) is 0. The highest BCUT2D eigenvalue weighted by atomic mass is 31.3. The van der Waals surface area contributed by atoms with Crippen LogP contribution >= 0.6 is 23.5 Å². The van der Waals surface area contributed by atoms with Gasteiger partial charge in [-0.15, -0.1) is 0 Å². The van der Waals surface area contributed by atoms with Gasteiger partial charge in [-0.2, -0.15) is 13.6 Å². The van der Waals surface area contributed by atoms with Crippen LogP contribution in [-0.2, 0) is 36.3 Å². The van der Waals surface area contributed by atoms with E-state index in [1.165, 1.54) is 0 Å². The van der Waals surface area contributed by atoms with Crippen molar-refractivity contribution in [1.82, 2.24) is 19.5 Å². The zero-order valence-corrected chi connectivity index (χ0v) is 19.7. The molecule has 194 valence electrons. The van der Waals surface area contributed by atoms with Gasteiger partial charge in [0, 0.05) is 14.2 Å². The molecule has 2 aromatic heterocycles. The number of hydrogen-bond acceptors (Lipinski definition) is 13. The van der Waals surface area contributed by atoms with Crippen molar-refractivity contribution >= 4 is 40.6 Å². The zero-order valence-electron chi connectivity index (χ0n) is 17.0. The smallest absolute Gasteiger partial charge is 0.382 e. The van der Waals surface area contributed by atoms with Crippen LogP contribution in [0.3, 0.4) is 0 Å². The third kappa shape index (κ3) is 6.73. The van der Waals surface area contributed by atoms with Crippen molar-refractivity contribution in [3.8, 4) is 0 Å². The Morgan fingerprint density at radius 2 is 1.76 bits per heavy atom. The monoisotopic (exact) mass is 557 g/mol. The van der Waals surface area contributed by atoms with Crippen LogP contribution in [-0.4, -0.2) is 76.9 Å². The number of imidazole rings is 1. The first kappa shape index (κ1) is 28.6. The summed E-state index contributed by atoms with van der Waals surface area (Å²) in [7, 11) is -15.4. The molecule has 0 bridgehead atoms. The van der Waals surface area contributed by atoms with Crippen molar-refractivity contribution in [2.24, 2.45) is 0 Å². The number of nitrogens with two attached hydrogens (primary N) is 1. The van der Waals surface area contributed by atoms with E-state index in [4.69, 9.17) is 25.0 Å². The maximum absolute atomic E-state index is 15.2. The number of rotatable bonds is 12. The molecule has 23 heteroatoms. The summed E-state index contributed by atoms with van der Waals surface area (Å²) in [5.74, 6) is -3.02. The van der Waals surface area contributed by atoms with Gasteiger partial charge in [0.2, 0.25) is 18.0 Å². The van der Waals surface area contributed by atoms with E-state index in [0.717, 1.165) is 20.5 Å². The third-order valence-corrected chi connectivity index (χ3v) is 7.75. The molecule has 0 amide bonds. The Bertz CT molecular complexity index is 1230. The molecule has 0 aliphatic carbocycles. The summed E-state index contributed by atoms with van der Waals surface area (Å²) < 4.78 is 71.0. The lowest BCUT2D eigenvalue weighted by Gasteiger charge is -2.36. The number of methoxy groups -OCH3 is 2. The molecule has 0 aliphatic heterocycles. The number of H-pyrrole nitrogens is 1. The minimum atomic E-state index is -5.84. The number of aliphatic hydroxyl groups excluding tert-OH is 1. The molecule has 0 radical (unpaired) electrons. The van der Waals surface area contributed by atoms with Crippen LogP contribution in [0.4, 0.5) is 10.3 Å². The molecule has 2 heterocycles. The van der Waals surface area contributed by atoms with Crippen LogP contribution in [0.15, 0.2) is 11.1 Å². The number of fused-ring (bicyclic) bond motifs is 1. The summed E-state index contributed by atoms with van der Waals surface area (Å²) >= 11 is 0. The number of aromatic amines is 1. The van der Waals surface area contributed by atoms with Crippen molar-refractivity contribution < 1.29 is 65.4 Å². The molecule has 34 heavy (non-hydrogen) atoms. The predicted molar refractivity (Wildman–Crippen MR) is 105 cm³/mol. The molecule has 8 N–H and O–H groups in total. The highest BCUT2D eigenvalue weighted by molar-refractivity contribution is 7.66. The Morgan fingerprint density at radius 1 is 1.18 bits per heavy atom. The number of ether oxygens (including phenoxy) is 2. The number of alkyl halides is 1. The Balaban J connectivity index is 2.28. The average molecular weight is 557 g/mol. The fourth-order valence-corrected chi connectivity index (χ4v) is 5.53. The number of hydrogen-bond donors (Lipinski definition) is 7. The molecular formula is C11H19FN5O14P3. The largest absolute Gasteiger partial charge is 0.490 e. The second-order valence-electron chi connectivity index (χ2n) is 6.18. The number of aliphatic hydroxyl groups is 1. The lowest BCUT2D eigenvalue weighted by Crippen LogP contribution is -2.52. The maximum Gasteiger partial charge on any atom is 0.490 e. The number of phosphoric ester groups is 1. The Kier molecular flexibility index (Phi) is 8.55. The zero-order chi connectivity index (χ0) is 26.1. The number of halogens is 1. The Morgan fingerprint density at radius 3 is 2.29 bits per heavy atom. The van der Waals surface area contributed by atoms with E-state index in [1.54, 1.807) is 0 Å². The van der Waals surface area contributed by atoms with Gasteiger partial charge >= 0.3 is 23.5 Å². The van der Waals surface area contributed by atoms with Crippen molar-refractivity contribution in [2.75, 3.05) is 26.6 Å². The minimum Gasteiger partial charge on any atom is -0.382 e. The summed E-state index contributed by atoms with van der Waals surface area (Å²) in [6.45, 7) is -1.37. The highest BCUT2D eigenvalue weighted by Gasteiger charge is 2.48. The van der Waals surface area contributed by atoms with Crippen molar-refractivity contribution in [2.45, 2.75) is 18.2 Å². The van der Waals surface area contributed by atoms with Crippen LogP contribution in [0.1, 0.15) is 6.30 Å². The molecule has 19 nitrogen and oxygen atoms in total. The Hall–Kier alpha value is -1.63. The molecule has 2 aromatic rings. The lowest BCUT2D eigenvalue weighted by molar-refractivity contribution is -0.289. The number of nitrogen functional groups attached to an aromatic ring is 1. The topological polar surface area (TPSA) is 288 Å². The summed E-state index contributed by atoms with van der Waals surface area (Å²) in [5.41, 5.74) is 3.84. The first-order valence-electron chi connectivity index (χ1n) is 8.39. The second kappa shape index (κ2) is 10.2. The van der Waals surface area contributed by atoms with Crippen LogP contribution < -0.4 is 11.3 Å². The number of nitrogens with zero attached hydrogens (tertiary/aromatic N) is 3. The highest BCUT2D eigenvalue weighted by Crippen LogP contribution is 2.66. The van der Waals surface area contributed by atoms with E-state index in [1.807, 2.05) is 0 Å². The van der Waals surface area contributed by atoms with E-state index in [2.05, 4.69) is 28.1 Å². The van der Waals surface area contributed by atoms with Gasteiger partial charge in [-0.05, 0) is 0 Å². The van der Waals surface area contributed by atoms with E-state index >= 15 is 4.39 Å². The van der Waals surface area contributed by atoms with E-state index in [9.17, 15) is 33.4 Å². The van der Waals surface area contributed by atoms with Gasteiger partial charge in [0.1, 0.15) is 6.61 Å². The SMILES string of the molecule is COC(COP(=O)(O)OP(=O)(O)OP(=O)(O)O)(OC)[C@@H](O)[C@@H](F)n1cnc2c(=O)[nH]c(N)nc21. The molecule has 0 aromatic carbocycles. The fourth-order valence-electron chi connectivity index (χ4n) is 2.49. The van der Waals surface area contributed by atoms with Gasteiger partial charge < -0.3 is 39.9 Å². The van der Waals surface area contributed by atoms with Gasteiger partial charge in [0.05, 0.1) is 6.33 Å². The van der Waals surface area contributed by atoms with Gasteiger partial charge in [0.15, 0.2) is 17.3 Å². The van der Waals surface area contributed by atoms with Gasteiger partial charge in [-0.3, -0.25) is 18.9 Å². The van der Waals surface area contributed by atoms with Crippen LogP contribution in [0.25, 0.3) is 11.2 Å². The third-order valence-electron chi connectivity index (χ3n) is 3.96. The predicted octanol–water partition coefficient (Wildman–Crippen LogP) is -1.14. The summed E-state index contributed by atoms with van der Waals surface area (Å²) in [4.78, 5) is 57.1. The standard InChI is InChI=1S/C11H19FN5O14P3/c1-27-11(28-2,3-29-33(23,24)31-34(25,26)30-32(20,21)22)6(18)7(12)17-4-14-5-8(17)15-10(13)16-9(5)19/h4,6-7,18H,3H2,1-2H3,(H,23,24)(H,25,26)(H2,20,21,22)(H3,13,15,16,19)/t6-,7-/m0/s1. The van der Waals surface area contributed by atoms with Crippen molar-refractivity contribution in [3.63, 3.8) is 0 Å². The van der Waals surface area contributed by atoms with E-state index < -0.39 is 65.4 Å². The summed E-state index contributed by atoms with van der Waals surface area (Å²) in [5, 5.41) is 10.5. The van der Waals surface area contributed by atoms with Gasteiger partial charge in [-0.1, -0.05) is 0 Å². The average Bonchev–Trinajstić information content (AvgIpc) is 3.09. The molecule has 0 fully saturated rings. The number of anilines is 1. The first-order valence-corrected chi connectivity index (χ1v) is 12.9. The van der Waals surface area contributed by atoms with Crippen molar-refractivity contribution in [3.05, 3.63) is 16.7 Å². The number of nitrogens with one attached hydrogen (secondary N) is 1. The van der Waals surface area contributed by atoms with Crippen LogP contribution in [0.2, 0.25) is 0 Å². The first-order chi connectivity index (χ1) is 15.5. The molecule has 4 atom stereocenters. The van der Waals surface area contributed by atoms with Crippen LogP contribution in [0.5, 0.6) is 0 Å². The summed E-state index contributed by atoms with van der Waals surface area (Å²) in [6.07, 6.45) is -4.21. The normalized spacial score (nSPS) is 18.4. The van der Waals surface area contributed by atoms with Gasteiger partial charge in [-0.25, -0.2) is 23.1 Å². The lowest BCUT2D eigenvalue weighted by atomic mass is 10.1. The fraction of sp³-hybridized carbons (Fsp3) is 0.545. The van der Waals surface area contributed by atoms with Crippen LogP contribution in [0, 0.1) is 0 Å². The second-order valence-corrected chi connectivity index (χ2v) is 10.6. The molecule has 2 rings (SSSR count). The maximum atomic E-state index is 15.2. The van der Waals surface area contributed by atoms with E-state index in [0.29, 0.717) is 4.57 Å². The Labute approximate surface area is 187 Å². The quantitative estimate of drug-likeness (QED) is 0.120. The molecule has 0 saturated carbocycles. The molecular weight excluding hydrogens is 538 g/mol. The van der Waals surface area contributed by atoms with Gasteiger partial charge in [0.25, 0.3) is 5.56 Å². The van der Waals surface area contributed by atoms with Crippen molar-refractivity contribution in [1.29, 1.82) is 0 Å². The molecule has 0 spiro atoms. The number of aromatic nitrogens is 4.